The van der Waals surface area contributed by atoms with Crippen LogP contribution in [0, 0.1) is 18.3 Å². The molecule has 2 aliphatic rings. The molecule has 2 N–H and O–H groups in total. The summed E-state index contributed by atoms with van der Waals surface area (Å²) in [5.41, 5.74) is 1.61. The number of nitrogens with zero attached hydrogens (tertiary/aromatic N) is 3. The number of amides is 2. The fourth-order valence-electron chi connectivity index (χ4n) is 3.91. The summed E-state index contributed by atoms with van der Waals surface area (Å²) in [6, 6.07) is 4.32. The van der Waals surface area contributed by atoms with Gasteiger partial charge in [0.15, 0.2) is 0 Å². The first-order valence-electron chi connectivity index (χ1n) is 10.2. The van der Waals surface area contributed by atoms with Crippen LogP contribution in [0.2, 0.25) is 5.02 Å². The Bertz CT molecular complexity index is 1040. The molecule has 174 valence electrons. The predicted octanol–water partition coefficient (Wildman–Crippen LogP) is 0.339. The number of hydrogen-bond donors (Lipinski definition) is 2. The van der Waals surface area contributed by atoms with Gasteiger partial charge in [0.05, 0.1) is 30.1 Å². The summed E-state index contributed by atoms with van der Waals surface area (Å²) in [5.74, 6) is -0.327. The average molecular weight is 484 g/mol. The van der Waals surface area contributed by atoms with Crippen molar-refractivity contribution in [2.45, 2.75) is 31.8 Å². The summed E-state index contributed by atoms with van der Waals surface area (Å²) in [6.45, 7) is 3.30. The lowest BCUT2D eigenvalue weighted by atomic mass is 10.1. The third-order valence-corrected chi connectivity index (χ3v) is 6.65. The highest BCUT2D eigenvalue weighted by Gasteiger charge is 2.47. The first-order chi connectivity index (χ1) is 15.1. The van der Waals surface area contributed by atoms with E-state index in [1.165, 1.54) is 0 Å². The molecule has 1 aromatic rings. The molecule has 0 aromatic heterocycles. The van der Waals surface area contributed by atoms with Gasteiger partial charge in [-0.05, 0) is 37.5 Å². The van der Waals surface area contributed by atoms with E-state index in [1.807, 2.05) is 11.0 Å². The number of carbonyl (C=O) groups is 2. The molecule has 12 heteroatoms. The van der Waals surface area contributed by atoms with Crippen molar-refractivity contribution in [2.24, 2.45) is 0 Å². The standard InChI is InChI=1S/C20H26ClN5O5S/c1-13-15(6-5-14(9-22)18(13)21)26-12-25-16(10-23-11-17(25)20(26)28)19(27)24-7-3-4-8-31-32(2,29)30/h5-6,16-17,23H,3-4,7-8,10-12H2,1-2H3,(H,24,27). The molecule has 0 bridgehead atoms. The number of halogens is 1. The van der Waals surface area contributed by atoms with Gasteiger partial charge >= 0.3 is 0 Å². The number of rotatable bonds is 8. The largest absolute Gasteiger partial charge is 0.355 e. The van der Waals surface area contributed by atoms with E-state index < -0.39 is 22.2 Å². The van der Waals surface area contributed by atoms with Gasteiger partial charge in [-0.25, -0.2) is 0 Å². The summed E-state index contributed by atoms with van der Waals surface area (Å²) in [4.78, 5) is 29.3. The number of nitrogens with one attached hydrogen (secondary N) is 2. The maximum Gasteiger partial charge on any atom is 0.264 e. The van der Waals surface area contributed by atoms with Crippen LogP contribution in [0.5, 0.6) is 0 Å². The quantitative estimate of drug-likeness (QED) is 0.399. The number of piperazine rings is 1. The molecule has 2 unspecified atom stereocenters. The number of carbonyl (C=O) groups excluding carboxylic acids is 2. The molecule has 2 heterocycles. The van der Waals surface area contributed by atoms with Crippen molar-refractivity contribution in [3.8, 4) is 6.07 Å². The Morgan fingerprint density at radius 2 is 2.12 bits per heavy atom. The zero-order valence-electron chi connectivity index (χ0n) is 17.9. The number of anilines is 1. The van der Waals surface area contributed by atoms with Gasteiger partial charge in [-0.15, -0.1) is 0 Å². The van der Waals surface area contributed by atoms with E-state index in [1.54, 1.807) is 24.0 Å². The lowest BCUT2D eigenvalue weighted by Gasteiger charge is -2.34. The molecule has 2 atom stereocenters. The molecule has 2 saturated heterocycles. The van der Waals surface area contributed by atoms with E-state index in [4.69, 9.17) is 16.9 Å². The maximum absolute atomic E-state index is 13.1. The lowest BCUT2D eigenvalue weighted by molar-refractivity contribution is -0.129. The van der Waals surface area contributed by atoms with Gasteiger partial charge in [0.2, 0.25) is 11.8 Å². The van der Waals surface area contributed by atoms with Crippen LogP contribution in [0.25, 0.3) is 0 Å². The van der Waals surface area contributed by atoms with Crippen LogP contribution in [0.1, 0.15) is 24.0 Å². The van der Waals surface area contributed by atoms with E-state index in [-0.39, 0.29) is 25.1 Å². The van der Waals surface area contributed by atoms with E-state index >= 15 is 0 Å². The summed E-state index contributed by atoms with van der Waals surface area (Å²) >= 11 is 6.28. The molecule has 0 spiro atoms. The molecule has 2 aliphatic heterocycles. The third-order valence-electron chi connectivity index (χ3n) is 5.57. The van der Waals surface area contributed by atoms with E-state index in [9.17, 15) is 18.0 Å². The van der Waals surface area contributed by atoms with Crippen molar-refractivity contribution in [3.05, 3.63) is 28.3 Å². The SMILES string of the molecule is Cc1c(N2CN3C(C(=O)NCCCCOS(C)(=O)=O)CNCC3C2=O)ccc(C#N)c1Cl. The first kappa shape index (κ1) is 24.4. The fraction of sp³-hybridized carbons (Fsp3) is 0.550. The Morgan fingerprint density at radius 1 is 1.38 bits per heavy atom. The Morgan fingerprint density at radius 3 is 2.81 bits per heavy atom. The van der Waals surface area contributed by atoms with Crippen molar-refractivity contribution >= 4 is 39.2 Å². The van der Waals surface area contributed by atoms with Gasteiger partial charge < -0.3 is 10.6 Å². The van der Waals surface area contributed by atoms with Crippen LogP contribution in [-0.2, 0) is 23.9 Å². The summed E-state index contributed by atoms with van der Waals surface area (Å²) in [6.07, 6.45) is 2.06. The third kappa shape index (κ3) is 5.39. The molecule has 2 amide bonds. The van der Waals surface area contributed by atoms with E-state index in [2.05, 4.69) is 14.8 Å². The molecule has 0 aliphatic carbocycles. The fourth-order valence-corrected chi connectivity index (χ4v) is 4.53. The number of benzene rings is 1. The number of nitriles is 1. The van der Waals surface area contributed by atoms with Gasteiger partial charge in [-0.2, -0.15) is 13.7 Å². The van der Waals surface area contributed by atoms with E-state index in [0.717, 1.165) is 6.26 Å². The summed E-state index contributed by atoms with van der Waals surface area (Å²) in [5, 5.41) is 15.5. The van der Waals surface area contributed by atoms with Crippen LogP contribution in [0.4, 0.5) is 5.69 Å². The second-order valence-corrected chi connectivity index (χ2v) is 9.84. The normalized spacial score (nSPS) is 21.3. The monoisotopic (exact) mass is 483 g/mol. The zero-order chi connectivity index (χ0) is 23.5. The topological polar surface area (TPSA) is 132 Å². The molecule has 1 aromatic carbocycles. The molecule has 10 nitrogen and oxygen atoms in total. The molecular formula is C20H26ClN5O5S. The Labute approximate surface area is 192 Å². The molecule has 3 rings (SSSR count). The summed E-state index contributed by atoms with van der Waals surface area (Å²) in [7, 11) is -3.46. The smallest absolute Gasteiger partial charge is 0.264 e. The van der Waals surface area contributed by atoms with Gasteiger partial charge in [0.25, 0.3) is 10.1 Å². The molecule has 2 fully saturated rings. The second-order valence-electron chi connectivity index (χ2n) is 7.82. The van der Waals surface area contributed by atoms with Gasteiger partial charge in [-0.1, -0.05) is 11.6 Å². The van der Waals surface area contributed by atoms with Gasteiger partial charge in [0.1, 0.15) is 18.2 Å². The molecular weight excluding hydrogens is 458 g/mol. The van der Waals surface area contributed by atoms with Crippen molar-refractivity contribution < 1.29 is 22.2 Å². The van der Waals surface area contributed by atoms with Crippen LogP contribution in [-0.4, -0.2) is 76.4 Å². The molecule has 0 saturated carbocycles. The minimum absolute atomic E-state index is 0.0733. The number of unbranched alkanes of at least 4 members (excludes halogenated alkanes) is 1. The Hall–Kier alpha value is -2.23. The van der Waals surface area contributed by atoms with Crippen LogP contribution >= 0.6 is 11.6 Å². The van der Waals surface area contributed by atoms with Crippen LogP contribution in [0.15, 0.2) is 12.1 Å². The minimum Gasteiger partial charge on any atom is -0.355 e. The van der Waals surface area contributed by atoms with Crippen LogP contribution in [0.3, 0.4) is 0 Å². The first-order valence-corrected chi connectivity index (χ1v) is 12.4. The minimum atomic E-state index is -3.46. The second kappa shape index (κ2) is 10.1. The summed E-state index contributed by atoms with van der Waals surface area (Å²) < 4.78 is 26.6. The predicted molar refractivity (Wildman–Crippen MR) is 119 cm³/mol. The Balaban J connectivity index is 1.62. The lowest BCUT2D eigenvalue weighted by Crippen LogP contribution is -2.61. The van der Waals surface area contributed by atoms with E-state index in [0.29, 0.717) is 54.3 Å². The highest BCUT2D eigenvalue weighted by molar-refractivity contribution is 7.85. The highest BCUT2D eigenvalue weighted by Crippen LogP contribution is 2.33. The van der Waals surface area contributed by atoms with Crippen LogP contribution < -0.4 is 15.5 Å². The molecule has 32 heavy (non-hydrogen) atoms. The number of fused-ring (bicyclic) bond motifs is 1. The zero-order valence-corrected chi connectivity index (χ0v) is 19.5. The van der Waals surface area contributed by atoms with Gasteiger partial charge in [-0.3, -0.25) is 23.6 Å². The van der Waals surface area contributed by atoms with Crippen molar-refractivity contribution in [1.82, 2.24) is 15.5 Å². The Kier molecular flexibility index (Phi) is 7.74. The van der Waals surface area contributed by atoms with Crippen molar-refractivity contribution in [2.75, 3.05) is 44.1 Å². The van der Waals surface area contributed by atoms with Crippen molar-refractivity contribution in [3.63, 3.8) is 0 Å². The average Bonchev–Trinajstić information content (AvgIpc) is 3.08. The van der Waals surface area contributed by atoms with Crippen molar-refractivity contribution in [1.29, 1.82) is 5.26 Å². The maximum atomic E-state index is 13.1. The number of hydrogen-bond acceptors (Lipinski definition) is 8. The van der Waals surface area contributed by atoms with Gasteiger partial charge in [0, 0.05) is 25.3 Å². The highest BCUT2D eigenvalue weighted by atomic mass is 35.5. The molecule has 0 radical (unpaired) electrons.